The molecule has 0 aliphatic heterocycles. The molecule has 94 valence electrons. The van der Waals surface area contributed by atoms with E-state index in [-0.39, 0.29) is 5.69 Å². The van der Waals surface area contributed by atoms with Crippen LogP contribution in [-0.4, -0.2) is 28.1 Å². The normalized spacial score (nSPS) is 10.4. The van der Waals surface area contributed by atoms with Gasteiger partial charge in [0.05, 0.1) is 18.5 Å². The number of aryl methyl sites for hydroxylation is 1. The summed E-state index contributed by atoms with van der Waals surface area (Å²) in [5.74, 6) is -0.468. The number of benzene rings is 1. The largest absolute Gasteiger partial charge is 0.464 e. The van der Waals surface area contributed by atoms with E-state index in [0.29, 0.717) is 5.69 Å². The Morgan fingerprint density at radius 3 is 2.67 bits per heavy atom. The van der Waals surface area contributed by atoms with Gasteiger partial charge in [0.1, 0.15) is 0 Å². The first-order chi connectivity index (χ1) is 8.56. The van der Waals surface area contributed by atoms with Crippen molar-refractivity contribution in [1.82, 2.24) is 15.0 Å². The van der Waals surface area contributed by atoms with Gasteiger partial charge in [0.15, 0.2) is 5.69 Å². The van der Waals surface area contributed by atoms with E-state index >= 15 is 0 Å². The van der Waals surface area contributed by atoms with Crippen molar-refractivity contribution >= 4 is 5.97 Å². The summed E-state index contributed by atoms with van der Waals surface area (Å²) >= 11 is 0. The van der Waals surface area contributed by atoms with E-state index in [1.165, 1.54) is 12.7 Å². The number of carbonyl (C=O) groups excluding carboxylic acids is 1. The molecule has 5 heteroatoms. The molecule has 0 saturated heterocycles. The van der Waals surface area contributed by atoms with Crippen molar-refractivity contribution in [3.8, 4) is 5.69 Å². The molecule has 0 radical (unpaired) electrons. The number of hydrogen-bond acceptors (Lipinski definition) is 4. The van der Waals surface area contributed by atoms with Crippen molar-refractivity contribution in [1.29, 1.82) is 0 Å². The molecule has 2 aromatic rings. The van der Waals surface area contributed by atoms with Crippen LogP contribution < -0.4 is 0 Å². The maximum absolute atomic E-state index is 11.5. The third-order valence-electron chi connectivity index (χ3n) is 3.08. The molecule has 0 saturated carbocycles. The molecule has 0 unspecified atom stereocenters. The fraction of sp³-hybridized carbons (Fsp3) is 0.308. The Morgan fingerprint density at radius 1 is 1.28 bits per heavy atom. The highest BCUT2D eigenvalue weighted by Crippen LogP contribution is 2.19. The minimum absolute atomic E-state index is 0.249. The van der Waals surface area contributed by atoms with Gasteiger partial charge < -0.3 is 4.74 Å². The van der Waals surface area contributed by atoms with E-state index in [4.69, 9.17) is 0 Å². The van der Waals surface area contributed by atoms with Gasteiger partial charge in [-0.05, 0) is 38.0 Å². The lowest BCUT2D eigenvalue weighted by atomic mass is 10.1. The van der Waals surface area contributed by atoms with Crippen LogP contribution in [0, 0.1) is 20.8 Å². The lowest BCUT2D eigenvalue weighted by molar-refractivity contribution is 0.0593. The molecule has 0 amide bonds. The van der Waals surface area contributed by atoms with Crippen LogP contribution in [0.25, 0.3) is 5.69 Å². The van der Waals surface area contributed by atoms with E-state index in [1.54, 1.807) is 11.6 Å². The summed E-state index contributed by atoms with van der Waals surface area (Å²) in [5, 5.41) is 7.89. The Morgan fingerprint density at radius 2 is 2.00 bits per heavy atom. The molecule has 1 aromatic heterocycles. The average Bonchev–Trinajstić information content (AvgIpc) is 2.74. The number of esters is 1. The van der Waals surface area contributed by atoms with Gasteiger partial charge in [-0.15, -0.1) is 5.10 Å². The van der Waals surface area contributed by atoms with Crippen LogP contribution in [0.3, 0.4) is 0 Å². The summed E-state index contributed by atoms with van der Waals surface area (Å²) in [6.07, 6.45) is 0. The van der Waals surface area contributed by atoms with Crippen LogP contribution >= 0.6 is 0 Å². The van der Waals surface area contributed by atoms with E-state index in [2.05, 4.69) is 15.0 Å². The molecule has 0 aliphatic carbocycles. The van der Waals surface area contributed by atoms with Gasteiger partial charge in [0.25, 0.3) is 0 Å². The van der Waals surface area contributed by atoms with Crippen molar-refractivity contribution in [2.75, 3.05) is 7.11 Å². The van der Waals surface area contributed by atoms with Gasteiger partial charge in [0, 0.05) is 0 Å². The van der Waals surface area contributed by atoms with Gasteiger partial charge in [-0.1, -0.05) is 17.3 Å². The molecule has 0 fully saturated rings. The van der Waals surface area contributed by atoms with Crippen LogP contribution in [0.5, 0.6) is 0 Å². The van der Waals surface area contributed by atoms with E-state index < -0.39 is 5.97 Å². The Labute approximate surface area is 105 Å². The zero-order chi connectivity index (χ0) is 13.3. The summed E-state index contributed by atoms with van der Waals surface area (Å²) in [4.78, 5) is 11.5. The highest BCUT2D eigenvalue weighted by Gasteiger charge is 2.18. The minimum atomic E-state index is -0.468. The summed E-state index contributed by atoms with van der Waals surface area (Å²) in [6, 6.07) is 5.94. The second-order valence-corrected chi connectivity index (χ2v) is 4.15. The Hall–Kier alpha value is -2.17. The zero-order valence-electron chi connectivity index (χ0n) is 10.9. The molecule has 0 N–H and O–H groups in total. The fourth-order valence-corrected chi connectivity index (χ4v) is 1.81. The highest BCUT2D eigenvalue weighted by atomic mass is 16.5. The second-order valence-electron chi connectivity index (χ2n) is 4.15. The quantitative estimate of drug-likeness (QED) is 0.759. The molecule has 0 atom stereocenters. The Balaban J connectivity index is 2.56. The SMILES string of the molecule is COC(=O)c1nnn(-c2cccc(C)c2C)c1C. The number of ether oxygens (including phenoxy) is 1. The van der Waals surface area contributed by atoms with Gasteiger partial charge in [-0.3, -0.25) is 0 Å². The molecular weight excluding hydrogens is 230 g/mol. The molecule has 2 rings (SSSR count). The first-order valence-electron chi connectivity index (χ1n) is 5.63. The van der Waals surface area contributed by atoms with Gasteiger partial charge in [-0.25, -0.2) is 9.48 Å². The first-order valence-corrected chi connectivity index (χ1v) is 5.63. The number of nitrogens with zero attached hydrogens (tertiary/aromatic N) is 3. The topological polar surface area (TPSA) is 57.0 Å². The number of aromatic nitrogens is 3. The number of rotatable bonds is 2. The highest BCUT2D eigenvalue weighted by molar-refractivity contribution is 5.88. The van der Waals surface area contributed by atoms with Crippen molar-refractivity contribution in [3.05, 3.63) is 40.7 Å². The predicted octanol–water partition coefficient (Wildman–Crippen LogP) is 1.98. The van der Waals surface area contributed by atoms with Gasteiger partial charge in [0.2, 0.25) is 0 Å². The molecule has 1 aromatic carbocycles. The van der Waals surface area contributed by atoms with Crippen LogP contribution in [-0.2, 0) is 4.74 Å². The smallest absolute Gasteiger partial charge is 0.360 e. The lowest BCUT2D eigenvalue weighted by Gasteiger charge is -2.09. The molecule has 18 heavy (non-hydrogen) atoms. The van der Waals surface area contributed by atoms with Gasteiger partial charge in [-0.2, -0.15) is 0 Å². The minimum Gasteiger partial charge on any atom is -0.464 e. The summed E-state index contributed by atoms with van der Waals surface area (Å²) < 4.78 is 6.33. The Bertz CT molecular complexity index is 602. The van der Waals surface area contributed by atoms with E-state index in [1.807, 2.05) is 32.0 Å². The molecule has 0 aliphatic rings. The summed E-state index contributed by atoms with van der Waals surface area (Å²) in [5.41, 5.74) is 4.13. The Kier molecular flexibility index (Phi) is 3.14. The summed E-state index contributed by atoms with van der Waals surface area (Å²) in [7, 11) is 1.33. The van der Waals surface area contributed by atoms with E-state index in [9.17, 15) is 4.79 Å². The molecule has 5 nitrogen and oxygen atoms in total. The average molecular weight is 245 g/mol. The number of hydrogen-bond donors (Lipinski definition) is 0. The van der Waals surface area contributed by atoms with Gasteiger partial charge >= 0.3 is 5.97 Å². The molecule has 0 spiro atoms. The van der Waals surface area contributed by atoms with E-state index in [0.717, 1.165) is 11.3 Å². The fourth-order valence-electron chi connectivity index (χ4n) is 1.81. The first kappa shape index (κ1) is 12.3. The van der Waals surface area contributed by atoms with Crippen LogP contribution in [0.15, 0.2) is 18.2 Å². The maximum atomic E-state index is 11.5. The zero-order valence-corrected chi connectivity index (χ0v) is 10.9. The molecule has 0 bridgehead atoms. The van der Waals surface area contributed by atoms with Crippen LogP contribution in [0.2, 0.25) is 0 Å². The second kappa shape index (κ2) is 4.60. The third kappa shape index (κ3) is 1.88. The van der Waals surface area contributed by atoms with Crippen molar-refractivity contribution in [2.45, 2.75) is 20.8 Å². The van der Waals surface area contributed by atoms with Crippen LogP contribution in [0.1, 0.15) is 27.3 Å². The molecule has 1 heterocycles. The predicted molar refractivity (Wildman–Crippen MR) is 66.9 cm³/mol. The number of carbonyl (C=O) groups is 1. The monoisotopic (exact) mass is 245 g/mol. The third-order valence-corrected chi connectivity index (χ3v) is 3.08. The molecular formula is C13H15N3O2. The lowest BCUT2D eigenvalue weighted by Crippen LogP contribution is -2.06. The van der Waals surface area contributed by atoms with Crippen LogP contribution in [0.4, 0.5) is 0 Å². The maximum Gasteiger partial charge on any atom is 0.360 e. The van der Waals surface area contributed by atoms with Crippen molar-refractivity contribution < 1.29 is 9.53 Å². The van der Waals surface area contributed by atoms with Crippen molar-refractivity contribution in [3.63, 3.8) is 0 Å². The van der Waals surface area contributed by atoms with Crippen molar-refractivity contribution in [2.24, 2.45) is 0 Å². The summed E-state index contributed by atoms with van der Waals surface area (Å²) in [6.45, 7) is 5.85. The standard InChI is InChI=1S/C13H15N3O2/c1-8-6-5-7-11(9(8)2)16-10(3)12(14-15-16)13(17)18-4/h5-7H,1-4H3. The number of methoxy groups -OCH3 is 1.